The molecule has 0 saturated heterocycles. The molecule has 0 fully saturated rings. The molecular formula is C15H22BrNO2. The molecule has 3 nitrogen and oxygen atoms in total. The van der Waals surface area contributed by atoms with E-state index in [1.165, 1.54) is 12.8 Å². The number of hydrogen-bond donors (Lipinski definition) is 2. The third kappa shape index (κ3) is 6.10. The molecule has 0 aromatic heterocycles. The summed E-state index contributed by atoms with van der Waals surface area (Å²) < 4.78 is 0.782. The number of carbonyl (C=O) groups is 1. The van der Waals surface area contributed by atoms with Crippen molar-refractivity contribution in [1.82, 2.24) is 0 Å². The van der Waals surface area contributed by atoms with Gasteiger partial charge in [-0.25, -0.2) is 4.79 Å². The Kier molecular flexibility index (Phi) is 6.35. The van der Waals surface area contributed by atoms with E-state index in [1.807, 2.05) is 6.07 Å². The highest BCUT2D eigenvalue weighted by atomic mass is 79.9. The maximum atomic E-state index is 11.0. The maximum absolute atomic E-state index is 11.0. The molecule has 0 spiro atoms. The van der Waals surface area contributed by atoms with E-state index in [9.17, 15) is 4.79 Å². The molecule has 106 valence electrons. The Morgan fingerprint density at radius 2 is 1.95 bits per heavy atom. The van der Waals surface area contributed by atoms with Gasteiger partial charge in [0.25, 0.3) is 0 Å². The third-order valence-corrected chi connectivity index (χ3v) is 3.43. The van der Waals surface area contributed by atoms with Gasteiger partial charge in [-0.15, -0.1) is 0 Å². The molecule has 1 aromatic carbocycles. The largest absolute Gasteiger partial charge is 0.478 e. The zero-order chi connectivity index (χ0) is 14.4. The van der Waals surface area contributed by atoms with Crippen LogP contribution in [0.1, 0.15) is 50.4 Å². The van der Waals surface area contributed by atoms with Crippen LogP contribution in [-0.2, 0) is 0 Å². The Labute approximate surface area is 123 Å². The summed E-state index contributed by atoms with van der Waals surface area (Å²) in [6.07, 6.45) is 3.50. The second kappa shape index (κ2) is 7.53. The smallest absolute Gasteiger partial charge is 0.335 e. The Balaban J connectivity index is 2.58. The molecule has 0 aliphatic carbocycles. The lowest BCUT2D eigenvalue weighted by atomic mass is 10.0. The summed E-state index contributed by atoms with van der Waals surface area (Å²) >= 11 is 3.34. The van der Waals surface area contributed by atoms with Crippen molar-refractivity contribution in [3.63, 3.8) is 0 Å². The van der Waals surface area contributed by atoms with Crippen LogP contribution in [-0.4, -0.2) is 17.1 Å². The van der Waals surface area contributed by atoms with Crippen molar-refractivity contribution in [3.05, 3.63) is 28.2 Å². The molecule has 0 amide bonds. The summed E-state index contributed by atoms with van der Waals surface area (Å²) in [6.45, 7) is 6.58. The van der Waals surface area contributed by atoms with Gasteiger partial charge < -0.3 is 10.4 Å². The van der Waals surface area contributed by atoms with E-state index in [2.05, 4.69) is 42.0 Å². The van der Waals surface area contributed by atoms with Gasteiger partial charge in [-0.05, 0) is 37.5 Å². The molecule has 2 N–H and O–H groups in total. The van der Waals surface area contributed by atoms with Crippen molar-refractivity contribution in [2.45, 2.75) is 46.1 Å². The average Bonchev–Trinajstić information content (AvgIpc) is 2.27. The van der Waals surface area contributed by atoms with Crippen LogP contribution in [0.5, 0.6) is 0 Å². The predicted molar refractivity (Wildman–Crippen MR) is 82.9 cm³/mol. The zero-order valence-corrected chi connectivity index (χ0v) is 13.3. The Morgan fingerprint density at radius 3 is 2.53 bits per heavy atom. The number of hydrogen-bond acceptors (Lipinski definition) is 2. The first-order valence-corrected chi connectivity index (χ1v) is 7.48. The van der Waals surface area contributed by atoms with Crippen molar-refractivity contribution < 1.29 is 9.90 Å². The van der Waals surface area contributed by atoms with E-state index in [0.29, 0.717) is 11.6 Å². The van der Waals surface area contributed by atoms with Crippen LogP contribution in [0.4, 0.5) is 5.69 Å². The van der Waals surface area contributed by atoms with Crippen LogP contribution in [0, 0.1) is 5.92 Å². The monoisotopic (exact) mass is 327 g/mol. The fourth-order valence-electron chi connectivity index (χ4n) is 1.99. The fraction of sp³-hybridized carbons (Fsp3) is 0.533. The minimum Gasteiger partial charge on any atom is -0.478 e. The van der Waals surface area contributed by atoms with E-state index < -0.39 is 5.97 Å². The van der Waals surface area contributed by atoms with Gasteiger partial charge >= 0.3 is 5.97 Å². The number of nitrogens with one attached hydrogen (secondary N) is 1. The molecule has 1 unspecified atom stereocenters. The van der Waals surface area contributed by atoms with Gasteiger partial charge in [-0.1, -0.05) is 42.6 Å². The average molecular weight is 328 g/mol. The number of carboxylic acid groups (broad SMARTS) is 1. The standard InChI is InChI=1S/C15H22BrNO2/c1-10(2)5-4-6-11(3)17-14-8-12(15(18)19)7-13(16)9-14/h7-11,17H,4-6H2,1-3H3,(H,18,19). The highest BCUT2D eigenvalue weighted by Crippen LogP contribution is 2.21. The summed E-state index contributed by atoms with van der Waals surface area (Å²) in [5, 5.41) is 12.4. The van der Waals surface area contributed by atoms with E-state index in [-0.39, 0.29) is 0 Å². The van der Waals surface area contributed by atoms with Crippen molar-refractivity contribution in [3.8, 4) is 0 Å². The van der Waals surface area contributed by atoms with E-state index in [0.717, 1.165) is 22.5 Å². The highest BCUT2D eigenvalue weighted by molar-refractivity contribution is 9.10. The van der Waals surface area contributed by atoms with E-state index >= 15 is 0 Å². The molecular weight excluding hydrogens is 306 g/mol. The molecule has 0 saturated carbocycles. The van der Waals surface area contributed by atoms with Crippen LogP contribution in [0.2, 0.25) is 0 Å². The molecule has 0 bridgehead atoms. The lowest BCUT2D eigenvalue weighted by molar-refractivity contribution is 0.0697. The molecule has 0 heterocycles. The van der Waals surface area contributed by atoms with Gasteiger partial charge in [0.2, 0.25) is 0 Å². The summed E-state index contributed by atoms with van der Waals surface area (Å²) in [7, 11) is 0. The SMILES string of the molecule is CC(C)CCCC(C)Nc1cc(Br)cc(C(=O)O)c1. The Hall–Kier alpha value is -1.03. The lowest BCUT2D eigenvalue weighted by Crippen LogP contribution is -2.15. The van der Waals surface area contributed by atoms with Crippen LogP contribution < -0.4 is 5.32 Å². The van der Waals surface area contributed by atoms with E-state index in [1.54, 1.807) is 12.1 Å². The van der Waals surface area contributed by atoms with Gasteiger partial charge in [0.15, 0.2) is 0 Å². The van der Waals surface area contributed by atoms with Crippen molar-refractivity contribution in [2.75, 3.05) is 5.32 Å². The number of aromatic carboxylic acids is 1. The van der Waals surface area contributed by atoms with Crippen LogP contribution in [0.15, 0.2) is 22.7 Å². The first-order chi connectivity index (χ1) is 8.88. The van der Waals surface area contributed by atoms with Crippen molar-refractivity contribution >= 4 is 27.6 Å². The number of rotatable bonds is 7. The van der Waals surface area contributed by atoms with Gasteiger partial charge in [-0.2, -0.15) is 0 Å². The topological polar surface area (TPSA) is 49.3 Å². The number of benzene rings is 1. The summed E-state index contributed by atoms with van der Waals surface area (Å²) in [4.78, 5) is 11.0. The summed E-state index contributed by atoms with van der Waals surface area (Å²) in [6, 6.07) is 5.53. The zero-order valence-electron chi connectivity index (χ0n) is 11.7. The molecule has 1 aromatic rings. The third-order valence-electron chi connectivity index (χ3n) is 2.98. The first kappa shape index (κ1) is 16.0. The van der Waals surface area contributed by atoms with Crippen molar-refractivity contribution in [2.24, 2.45) is 5.92 Å². The Bertz CT molecular complexity index is 432. The normalized spacial score (nSPS) is 12.5. The van der Waals surface area contributed by atoms with Gasteiger partial charge in [0.05, 0.1) is 5.56 Å². The number of halogens is 1. The molecule has 1 atom stereocenters. The summed E-state index contributed by atoms with van der Waals surface area (Å²) in [5.74, 6) is -0.173. The van der Waals surface area contributed by atoms with Crippen LogP contribution in [0.25, 0.3) is 0 Å². The first-order valence-electron chi connectivity index (χ1n) is 6.69. The second-order valence-corrected chi connectivity index (χ2v) is 6.32. The second-order valence-electron chi connectivity index (χ2n) is 5.40. The van der Waals surface area contributed by atoms with Crippen LogP contribution in [0.3, 0.4) is 0 Å². The maximum Gasteiger partial charge on any atom is 0.335 e. The van der Waals surface area contributed by atoms with E-state index in [4.69, 9.17) is 5.11 Å². The van der Waals surface area contributed by atoms with Gasteiger partial charge in [0, 0.05) is 16.2 Å². The minimum atomic E-state index is -0.906. The summed E-state index contributed by atoms with van der Waals surface area (Å²) in [5.41, 5.74) is 1.15. The Morgan fingerprint density at radius 1 is 1.26 bits per heavy atom. The lowest BCUT2D eigenvalue weighted by Gasteiger charge is -2.16. The van der Waals surface area contributed by atoms with Crippen LogP contribution >= 0.6 is 15.9 Å². The quantitative estimate of drug-likeness (QED) is 0.758. The molecule has 0 aliphatic rings. The molecule has 0 aliphatic heterocycles. The minimum absolute atomic E-state index is 0.297. The molecule has 19 heavy (non-hydrogen) atoms. The molecule has 0 radical (unpaired) electrons. The van der Waals surface area contributed by atoms with Gasteiger partial charge in [0.1, 0.15) is 0 Å². The van der Waals surface area contributed by atoms with Gasteiger partial charge in [-0.3, -0.25) is 0 Å². The van der Waals surface area contributed by atoms with Crippen molar-refractivity contribution in [1.29, 1.82) is 0 Å². The fourth-order valence-corrected chi connectivity index (χ4v) is 2.48. The number of carboxylic acids is 1. The molecule has 4 heteroatoms. The number of anilines is 1. The molecule has 1 rings (SSSR count). The predicted octanol–water partition coefficient (Wildman–Crippen LogP) is 4.77. The highest BCUT2D eigenvalue weighted by Gasteiger charge is 2.08.